The van der Waals surface area contributed by atoms with Crippen molar-refractivity contribution >= 4 is 43.9 Å². The summed E-state index contributed by atoms with van der Waals surface area (Å²) in [4.78, 5) is 8.66. The van der Waals surface area contributed by atoms with Crippen molar-refractivity contribution in [1.82, 2.24) is 9.97 Å². The van der Waals surface area contributed by atoms with E-state index < -0.39 is 0 Å². The molecule has 4 nitrogen and oxygen atoms in total. The summed E-state index contributed by atoms with van der Waals surface area (Å²) in [5.41, 5.74) is 7.08. The van der Waals surface area contributed by atoms with Crippen LogP contribution in [0.3, 0.4) is 0 Å². The van der Waals surface area contributed by atoms with Crippen LogP contribution in [0.1, 0.15) is 0 Å². The summed E-state index contributed by atoms with van der Waals surface area (Å²) in [5.74, 6) is 0. The summed E-state index contributed by atoms with van der Waals surface area (Å²) < 4.78 is 12.2. The van der Waals surface area contributed by atoms with E-state index in [0.29, 0.717) is 0 Å². The van der Waals surface area contributed by atoms with Gasteiger partial charge >= 0.3 is 0 Å². The molecule has 8 aromatic rings. The van der Waals surface area contributed by atoms with Crippen LogP contribution < -0.4 is 0 Å². The first-order chi connectivity index (χ1) is 18.8. The van der Waals surface area contributed by atoms with E-state index in [1.165, 1.54) is 0 Å². The maximum atomic E-state index is 6.21. The van der Waals surface area contributed by atoms with Crippen LogP contribution in [0.2, 0.25) is 0 Å². The van der Waals surface area contributed by atoms with Crippen molar-refractivity contribution in [2.45, 2.75) is 0 Å². The van der Waals surface area contributed by atoms with E-state index in [1.807, 2.05) is 97.1 Å². The Balaban J connectivity index is 0.000000180. The zero-order valence-electron chi connectivity index (χ0n) is 20.6. The normalized spacial score (nSPS) is 10.9. The Morgan fingerprint density at radius 3 is 2.00 bits per heavy atom. The van der Waals surface area contributed by atoms with Crippen molar-refractivity contribution in [2.24, 2.45) is 0 Å². The average molecular weight is 681 g/mol. The van der Waals surface area contributed by atoms with Gasteiger partial charge in [-0.3, -0.25) is 0 Å². The topological polar surface area (TPSA) is 52.1 Å². The monoisotopic (exact) mass is 681 g/mol. The van der Waals surface area contributed by atoms with Gasteiger partial charge in [-0.15, -0.1) is 54.1 Å². The Morgan fingerprint density at radius 2 is 1.23 bits per heavy atom. The van der Waals surface area contributed by atoms with E-state index in [1.54, 1.807) is 12.4 Å². The van der Waals surface area contributed by atoms with Crippen molar-refractivity contribution in [1.29, 1.82) is 0 Å². The minimum Gasteiger partial charge on any atom is -0.500 e. The molecule has 0 aliphatic rings. The molecule has 0 bridgehead atoms. The van der Waals surface area contributed by atoms with Crippen LogP contribution in [0.25, 0.3) is 66.4 Å². The molecule has 0 N–H and O–H groups in total. The number of furan rings is 2. The Hall–Kier alpha value is -4.57. The van der Waals surface area contributed by atoms with Gasteiger partial charge in [0.2, 0.25) is 0 Å². The van der Waals surface area contributed by atoms with E-state index in [0.717, 1.165) is 66.4 Å². The Kier molecular flexibility index (Phi) is 6.76. The van der Waals surface area contributed by atoms with E-state index in [2.05, 4.69) is 34.2 Å². The molecule has 5 heteroatoms. The number of hydrogen-bond acceptors (Lipinski definition) is 4. The van der Waals surface area contributed by atoms with Gasteiger partial charge in [0.15, 0.2) is 0 Å². The Labute approximate surface area is 238 Å². The molecular weight excluding hydrogens is 661 g/mol. The molecule has 0 unspecified atom stereocenters. The van der Waals surface area contributed by atoms with E-state index in [-0.39, 0.29) is 20.1 Å². The first kappa shape index (κ1) is 24.7. The summed E-state index contributed by atoms with van der Waals surface area (Å²) in [6.45, 7) is 0. The molecule has 4 heterocycles. The number of benzene rings is 4. The maximum Gasteiger partial charge on any atom is 0.139 e. The molecule has 0 saturated heterocycles. The standard InChI is InChI=1S/C23H12NO2.C11H8N.Ir/c1-2-10-20-14(6-1)17-12-18-15-7-5-8-16(19-9-3-4-11-24-19)23(15)26-22(18)13-21(17)25-20;1-2-6-10(7-3-1)11-8-4-5-9-12-11;/h1-7,9-13H;1-6,8-9H;/q2*-1;. The Bertz CT molecular complexity index is 1980. The molecule has 0 amide bonds. The van der Waals surface area contributed by atoms with E-state index in [4.69, 9.17) is 8.83 Å². The van der Waals surface area contributed by atoms with Crippen molar-refractivity contribution < 1.29 is 28.9 Å². The fraction of sp³-hybridized carbons (Fsp3) is 0. The smallest absolute Gasteiger partial charge is 0.139 e. The van der Waals surface area contributed by atoms with Crippen molar-refractivity contribution in [2.75, 3.05) is 0 Å². The van der Waals surface area contributed by atoms with E-state index >= 15 is 0 Å². The molecule has 0 spiro atoms. The van der Waals surface area contributed by atoms with Crippen LogP contribution in [0, 0.1) is 12.1 Å². The maximum absolute atomic E-state index is 6.21. The second kappa shape index (κ2) is 10.7. The van der Waals surface area contributed by atoms with Gasteiger partial charge in [0.1, 0.15) is 16.7 Å². The molecule has 39 heavy (non-hydrogen) atoms. The van der Waals surface area contributed by atoms with Gasteiger partial charge in [-0.25, -0.2) is 0 Å². The predicted octanol–water partition coefficient (Wildman–Crippen LogP) is 8.89. The summed E-state index contributed by atoms with van der Waals surface area (Å²) in [6, 6.07) is 42.1. The summed E-state index contributed by atoms with van der Waals surface area (Å²) >= 11 is 0. The third-order valence-corrected chi connectivity index (χ3v) is 6.50. The zero-order valence-corrected chi connectivity index (χ0v) is 23.0. The zero-order chi connectivity index (χ0) is 25.3. The van der Waals surface area contributed by atoms with Crippen LogP contribution in [-0.4, -0.2) is 9.97 Å². The predicted molar refractivity (Wildman–Crippen MR) is 152 cm³/mol. The molecule has 0 fully saturated rings. The van der Waals surface area contributed by atoms with Gasteiger partial charge in [-0.1, -0.05) is 53.4 Å². The van der Waals surface area contributed by atoms with Crippen molar-refractivity contribution in [3.05, 3.63) is 134 Å². The first-order valence-corrected chi connectivity index (χ1v) is 12.3. The fourth-order valence-electron chi connectivity index (χ4n) is 4.74. The number of rotatable bonds is 2. The summed E-state index contributed by atoms with van der Waals surface area (Å²) in [5, 5.41) is 4.35. The first-order valence-electron chi connectivity index (χ1n) is 12.3. The molecule has 0 atom stereocenters. The van der Waals surface area contributed by atoms with Crippen LogP contribution in [0.15, 0.2) is 130 Å². The van der Waals surface area contributed by atoms with Crippen LogP contribution >= 0.6 is 0 Å². The number of para-hydroxylation sites is 1. The molecule has 4 aromatic heterocycles. The largest absolute Gasteiger partial charge is 0.500 e. The molecule has 0 saturated carbocycles. The van der Waals surface area contributed by atoms with Crippen LogP contribution in [0.4, 0.5) is 0 Å². The number of pyridine rings is 2. The van der Waals surface area contributed by atoms with Crippen molar-refractivity contribution in [3.63, 3.8) is 0 Å². The van der Waals surface area contributed by atoms with E-state index in [9.17, 15) is 0 Å². The second-order valence-corrected chi connectivity index (χ2v) is 8.85. The van der Waals surface area contributed by atoms with Gasteiger partial charge in [0.05, 0.1) is 5.58 Å². The molecule has 0 aliphatic heterocycles. The second-order valence-electron chi connectivity index (χ2n) is 8.85. The fourth-order valence-corrected chi connectivity index (χ4v) is 4.74. The van der Waals surface area contributed by atoms with Crippen LogP contribution in [-0.2, 0) is 20.1 Å². The molecular formula is C34H20IrN2O2-2. The SMILES string of the molecule is [Ir].[c-]1ccc2c(oc3cc4oc5ccccc5c4cc32)c1-c1ccccn1.[c-]1ccccc1-c1ccccn1. The average Bonchev–Trinajstić information content (AvgIpc) is 3.55. The van der Waals surface area contributed by atoms with Gasteiger partial charge in [-0.2, -0.15) is 0 Å². The van der Waals surface area contributed by atoms with Gasteiger partial charge < -0.3 is 18.8 Å². The van der Waals surface area contributed by atoms with Crippen molar-refractivity contribution in [3.8, 4) is 22.5 Å². The van der Waals surface area contributed by atoms with Gasteiger partial charge in [-0.05, 0) is 35.7 Å². The third kappa shape index (κ3) is 4.63. The molecule has 1 radical (unpaired) electrons. The number of hydrogen-bond donors (Lipinski definition) is 0. The number of aromatic nitrogens is 2. The Morgan fingerprint density at radius 1 is 0.513 bits per heavy atom. The van der Waals surface area contributed by atoms with Gasteiger partial charge in [0.25, 0.3) is 0 Å². The summed E-state index contributed by atoms with van der Waals surface area (Å²) in [7, 11) is 0. The number of nitrogens with zero attached hydrogens (tertiary/aromatic N) is 2. The minimum atomic E-state index is 0. The summed E-state index contributed by atoms with van der Waals surface area (Å²) in [6.07, 6.45) is 3.57. The number of fused-ring (bicyclic) bond motifs is 6. The molecule has 0 aliphatic carbocycles. The van der Waals surface area contributed by atoms with Gasteiger partial charge in [0, 0.05) is 54.7 Å². The molecule has 4 aromatic carbocycles. The molecule has 189 valence electrons. The van der Waals surface area contributed by atoms with Crippen LogP contribution in [0.5, 0.6) is 0 Å². The third-order valence-electron chi connectivity index (χ3n) is 6.50. The minimum absolute atomic E-state index is 0. The molecule has 8 rings (SSSR count). The quantitative estimate of drug-likeness (QED) is 0.171.